The average molecular weight is 205 g/mol. The SMILES string of the molecule is OCCc1ccc(CC2CCCN2)cc1. The summed E-state index contributed by atoms with van der Waals surface area (Å²) in [7, 11) is 0. The third kappa shape index (κ3) is 3.05. The van der Waals surface area contributed by atoms with Crippen LogP contribution in [-0.2, 0) is 12.8 Å². The molecule has 0 spiro atoms. The van der Waals surface area contributed by atoms with Gasteiger partial charge in [0.25, 0.3) is 0 Å². The maximum atomic E-state index is 8.81. The van der Waals surface area contributed by atoms with E-state index in [-0.39, 0.29) is 6.61 Å². The fourth-order valence-corrected chi connectivity index (χ4v) is 2.19. The number of rotatable bonds is 4. The van der Waals surface area contributed by atoms with Gasteiger partial charge in [0, 0.05) is 12.6 Å². The zero-order valence-electron chi connectivity index (χ0n) is 9.08. The summed E-state index contributed by atoms with van der Waals surface area (Å²) < 4.78 is 0. The Morgan fingerprint density at radius 2 is 1.93 bits per heavy atom. The van der Waals surface area contributed by atoms with Gasteiger partial charge in [0.05, 0.1) is 0 Å². The van der Waals surface area contributed by atoms with E-state index in [9.17, 15) is 0 Å². The van der Waals surface area contributed by atoms with Crippen molar-refractivity contribution in [3.63, 3.8) is 0 Å². The molecular weight excluding hydrogens is 186 g/mol. The van der Waals surface area contributed by atoms with Crippen LogP contribution in [0.4, 0.5) is 0 Å². The van der Waals surface area contributed by atoms with Gasteiger partial charge in [-0.1, -0.05) is 24.3 Å². The highest BCUT2D eigenvalue weighted by atomic mass is 16.2. The van der Waals surface area contributed by atoms with E-state index in [4.69, 9.17) is 5.11 Å². The van der Waals surface area contributed by atoms with Gasteiger partial charge in [0.2, 0.25) is 0 Å². The van der Waals surface area contributed by atoms with Crippen LogP contribution in [0.2, 0.25) is 0 Å². The molecule has 0 bridgehead atoms. The molecule has 1 aliphatic rings. The first-order chi connectivity index (χ1) is 7.38. The lowest BCUT2D eigenvalue weighted by atomic mass is 10.0. The molecule has 1 atom stereocenters. The molecule has 0 aliphatic carbocycles. The first kappa shape index (κ1) is 10.7. The minimum absolute atomic E-state index is 0.240. The predicted octanol–water partition coefficient (Wildman–Crippen LogP) is 1.52. The monoisotopic (exact) mass is 205 g/mol. The van der Waals surface area contributed by atoms with Crippen LogP contribution >= 0.6 is 0 Å². The summed E-state index contributed by atoms with van der Waals surface area (Å²) in [6.45, 7) is 1.41. The van der Waals surface area contributed by atoms with Gasteiger partial charge in [-0.3, -0.25) is 0 Å². The van der Waals surface area contributed by atoms with Crippen molar-refractivity contribution in [2.24, 2.45) is 0 Å². The molecule has 0 saturated carbocycles. The van der Waals surface area contributed by atoms with Crippen molar-refractivity contribution in [3.8, 4) is 0 Å². The van der Waals surface area contributed by atoms with Gasteiger partial charge in [-0.15, -0.1) is 0 Å². The number of aliphatic hydroxyl groups is 1. The summed E-state index contributed by atoms with van der Waals surface area (Å²) in [6, 6.07) is 9.30. The van der Waals surface area contributed by atoms with Gasteiger partial charge >= 0.3 is 0 Å². The molecule has 1 aliphatic heterocycles. The first-order valence-electron chi connectivity index (χ1n) is 5.80. The summed E-state index contributed by atoms with van der Waals surface area (Å²) in [4.78, 5) is 0. The zero-order valence-corrected chi connectivity index (χ0v) is 9.08. The number of benzene rings is 1. The van der Waals surface area contributed by atoms with E-state index >= 15 is 0 Å². The van der Waals surface area contributed by atoms with Crippen molar-refractivity contribution in [1.29, 1.82) is 0 Å². The fourth-order valence-electron chi connectivity index (χ4n) is 2.19. The van der Waals surface area contributed by atoms with Crippen LogP contribution in [0.5, 0.6) is 0 Å². The molecule has 1 aromatic carbocycles. The Kier molecular flexibility index (Phi) is 3.75. The third-order valence-electron chi connectivity index (χ3n) is 3.07. The van der Waals surface area contributed by atoms with E-state index in [1.54, 1.807) is 0 Å². The van der Waals surface area contributed by atoms with E-state index in [1.807, 2.05) is 0 Å². The normalized spacial score (nSPS) is 20.7. The van der Waals surface area contributed by atoms with Crippen molar-refractivity contribution < 1.29 is 5.11 Å². The Bertz CT molecular complexity index is 288. The van der Waals surface area contributed by atoms with Crippen molar-refractivity contribution in [3.05, 3.63) is 35.4 Å². The highest BCUT2D eigenvalue weighted by Crippen LogP contribution is 2.13. The van der Waals surface area contributed by atoms with Crippen molar-refractivity contribution in [2.75, 3.05) is 13.2 Å². The van der Waals surface area contributed by atoms with Gasteiger partial charge in [-0.25, -0.2) is 0 Å². The second kappa shape index (κ2) is 5.29. The zero-order chi connectivity index (χ0) is 10.5. The average Bonchev–Trinajstić information content (AvgIpc) is 2.74. The standard InChI is InChI=1S/C13H19NO/c15-9-7-11-3-5-12(6-4-11)10-13-2-1-8-14-13/h3-6,13-15H,1-2,7-10H2. The highest BCUT2D eigenvalue weighted by Gasteiger charge is 2.13. The lowest BCUT2D eigenvalue weighted by Crippen LogP contribution is -2.23. The van der Waals surface area contributed by atoms with E-state index in [1.165, 1.54) is 30.5 Å². The summed E-state index contributed by atoms with van der Waals surface area (Å²) in [5.41, 5.74) is 2.62. The van der Waals surface area contributed by atoms with Crippen LogP contribution in [0.15, 0.2) is 24.3 Å². The van der Waals surface area contributed by atoms with Crippen LogP contribution in [0.25, 0.3) is 0 Å². The van der Waals surface area contributed by atoms with Crippen LogP contribution in [-0.4, -0.2) is 24.3 Å². The van der Waals surface area contributed by atoms with Gasteiger partial charge in [0.1, 0.15) is 0 Å². The smallest absolute Gasteiger partial charge is 0.0471 e. The van der Waals surface area contributed by atoms with Crippen LogP contribution in [0.3, 0.4) is 0 Å². The van der Waals surface area contributed by atoms with Crippen molar-refractivity contribution >= 4 is 0 Å². The second-order valence-electron chi connectivity index (χ2n) is 4.29. The maximum Gasteiger partial charge on any atom is 0.0471 e. The predicted molar refractivity (Wildman–Crippen MR) is 62.0 cm³/mol. The van der Waals surface area contributed by atoms with Crippen molar-refractivity contribution in [1.82, 2.24) is 5.32 Å². The Balaban J connectivity index is 1.91. The van der Waals surface area contributed by atoms with Crippen molar-refractivity contribution in [2.45, 2.75) is 31.7 Å². The fraction of sp³-hybridized carbons (Fsp3) is 0.538. The molecule has 2 heteroatoms. The number of aliphatic hydroxyl groups excluding tert-OH is 1. The number of nitrogens with one attached hydrogen (secondary N) is 1. The van der Waals surface area contributed by atoms with Gasteiger partial charge in [-0.2, -0.15) is 0 Å². The van der Waals surface area contributed by atoms with Crippen LogP contribution in [0, 0.1) is 0 Å². The molecule has 82 valence electrons. The second-order valence-corrected chi connectivity index (χ2v) is 4.29. The molecule has 1 heterocycles. The summed E-state index contributed by atoms with van der Waals surface area (Å²) in [5.74, 6) is 0. The molecule has 1 fully saturated rings. The molecule has 1 aromatic rings. The van der Waals surface area contributed by atoms with E-state index in [0.717, 1.165) is 12.8 Å². The van der Waals surface area contributed by atoms with Gasteiger partial charge < -0.3 is 10.4 Å². The molecule has 2 nitrogen and oxygen atoms in total. The summed E-state index contributed by atoms with van der Waals surface area (Å²) in [6.07, 6.45) is 4.52. The minimum Gasteiger partial charge on any atom is -0.396 e. The molecule has 1 unspecified atom stereocenters. The Labute approximate surface area is 91.3 Å². The first-order valence-corrected chi connectivity index (χ1v) is 5.80. The quantitative estimate of drug-likeness (QED) is 0.781. The molecule has 2 rings (SSSR count). The van der Waals surface area contributed by atoms with Crippen LogP contribution in [0.1, 0.15) is 24.0 Å². The molecule has 2 N–H and O–H groups in total. The summed E-state index contributed by atoms with van der Waals surface area (Å²) >= 11 is 0. The highest BCUT2D eigenvalue weighted by molar-refractivity contribution is 5.23. The third-order valence-corrected chi connectivity index (χ3v) is 3.07. The Morgan fingerprint density at radius 1 is 1.20 bits per heavy atom. The molecule has 15 heavy (non-hydrogen) atoms. The molecule has 0 aromatic heterocycles. The van der Waals surface area contributed by atoms with Gasteiger partial charge in [-0.05, 0) is 43.4 Å². The van der Waals surface area contributed by atoms with Crippen LogP contribution < -0.4 is 5.32 Å². The molecular formula is C13H19NO. The topological polar surface area (TPSA) is 32.3 Å². The molecule has 0 amide bonds. The minimum atomic E-state index is 0.240. The number of hydrogen-bond acceptors (Lipinski definition) is 2. The Hall–Kier alpha value is -0.860. The van der Waals surface area contributed by atoms with E-state index in [0.29, 0.717) is 6.04 Å². The lowest BCUT2D eigenvalue weighted by molar-refractivity contribution is 0.299. The molecule has 0 radical (unpaired) electrons. The largest absolute Gasteiger partial charge is 0.396 e. The number of hydrogen-bond donors (Lipinski definition) is 2. The molecule has 1 saturated heterocycles. The Morgan fingerprint density at radius 3 is 2.53 bits per heavy atom. The maximum absolute atomic E-state index is 8.81. The van der Waals surface area contributed by atoms with E-state index in [2.05, 4.69) is 29.6 Å². The van der Waals surface area contributed by atoms with E-state index < -0.39 is 0 Å². The lowest BCUT2D eigenvalue weighted by Gasteiger charge is -2.10. The van der Waals surface area contributed by atoms with Gasteiger partial charge in [0.15, 0.2) is 0 Å². The summed E-state index contributed by atoms with van der Waals surface area (Å²) in [5, 5.41) is 12.3.